The molecule has 1 aromatic rings. The highest BCUT2D eigenvalue weighted by Gasteiger charge is 2.35. The van der Waals surface area contributed by atoms with Crippen molar-refractivity contribution in [3.8, 4) is 0 Å². The molecule has 0 unspecified atom stereocenters. The first kappa shape index (κ1) is 18.7. The molecule has 2 fully saturated rings. The summed E-state index contributed by atoms with van der Waals surface area (Å²) in [4.78, 5) is 15.3. The molecule has 1 aromatic heterocycles. The molecule has 0 bridgehead atoms. The molecule has 1 saturated heterocycles. The van der Waals surface area contributed by atoms with Crippen LogP contribution in [0.5, 0.6) is 0 Å². The van der Waals surface area contributed by atoms with Gasteiger partial charge < -0.3 is 5.32 Å². The van der Waals surface area contributed by atoms with E-state index in [1.165, 1.54) is 22.6 Å². The lowest BCUT2D eigenvalue weighted by atomic mass is 9.92. The Kier molecular flexibility index (Phi) is 6.04. The second-order valence-corrected chi connectivity index (χ2v) is 8.19. The molecule has 1 saturated carbocycles. The summed E-state index contributed by atoms with van der Waals surface area (Å²) in [6.45, 7) is -0.198. The Balaban J connectivity index is 1.55. The molecular formula is C18H25F3N2OS. The van der Waals surface area contributed by atoms with Gasteiger partial charge in [0.1, 0.15) is 0 Å². The molecule has 1 atom stereocenters. The summed E-state index contributed by atoms with van der Waals surface area (Å²) in [6.07, 6.45) is 1.52. The van der Waals surface area contributed by atoms with Crippen molar-refractivity contribution in [1.82, 2.24) is 10.2 Å². The van der Waals surface area contributed by atoms with Gasteiger partial charge in [-0.1, -0.05) is 18.9 Å². The molecule has 140 valence electrons. The number of hydrogen-bond acceptors (Lipinski definition) is 3. The smallest absolute Gasteiger partial charge is 0.348 e. The average molecular weight is 374 g/mol. The normalized spacial score (nSPS) is 22.2. The van der Waals surface area contributed by atoms with E-state index in [0.717, 1.165) is 12.8 Å². The maximum atomic E-state index is 12.7. The second-order valence-electron chi connectivity index (χ2n) is 7.21. The number of carbonyl (C=O) groups is 1. The fourth-order valence-corrected chi connectivity index (χ4v) is 4.93. The number of likely N-dealkylation sites (tertiary alicyclic amines) is 1. The first-order valence-corrected chi connectivity index (χ1v) is 9.93. The van der Waals surface area contributed by atoms with E-state index in [9.17, 15) is 18.0 Å². The molecule has 0 spiro atoms. The number of amides is 1. The Morgan fingerprint density at radius 3 is 2.48 bits per heavy atom. The molecule has 1 aliphatic heterocycles. The second kappa shape index (κ2) is 8.08. The van der Waals surface area contributed by atoms with Crippen molar-refractivity contribution in [3.63, 3.8) is 0 Å². The van der Waals surface area contributed by atoms with Crippen LogP contribution < -0.4 is 5.32 Å². The highest BCUT2D eigenvalue weighted by Crippen LogP contribution is 2.37. The number of thiophene rings is 1. The van der Waals surface area contributed by atoms with E-state index in [1.807, 2.05) is 11.4 Å². The number of piperidine rings is 1. The van der Waals surface area contributed by atoms with Crippen LogP contribution >= 0.6 is 11.3 Å². The molecule has 3 rings (SSSR count). The van der Waals surface area contributed by atoms with Gasteiger partial charge in [-0.05, 0) is 56.1 Å². The standard InChI is InChI=1S/C18H25F3N2OS/c19-18(20,21)12-23-9-7-14(8-10-23)17(24)22-16(13-4-1-2-5-13)15-6-3-11-25-15/h3,6,11,13-14,16H,1-2,4-5,7-10,12H2,(H,22,24)/t16-/m1/s1. The number of rotatable bonds is 5. The molecule has 1 N–H and O–H groups in total. The van der Waals surface area contributed by atoms with Gasteiger partial charge in [-0.25, -0.2) is 0 Å². The molecule has 1 amide bonds. The summed E-state index contributed by atoms with van der Waals surface area (Å²) in [5.41, 5.74) is 0. The van der Waals surface area contributed by atoms with Crippen LogP contribution in [0.1, 0.15) is 49.4 Å². The summed E-state index contributed by atoms with van der Waals surface area (Å²) < 4.78 is 37.4. The van der Waals surface area contributed by atoms with Crippen LogP contribution in [-0.2, 0) is 4.79 Å². The van der Waals surface area contributed by atoms with Gasteiger partial charge in [0.15, 0.2) is 0 Å². The topological polar surface area (TPSA) is 32.3 Å². The van der Waals surface area contributed by atoms with E-state index in [1.54, 1.807) is 11.3 Å². The van der Waals surface area contributed by atoms with E-state index < -0.39 is 12.7 Å². The zero-order valence-electron chi connectivity index (χ0n) is 14.2. The number of nitrogens with zero attached hydrogens (tertiary/aromatic N) is 1. The summed E-state index contributed by atoms with van der Waals surface area (Å²) in [7, 11) is 0. The lowest BCUT2D eigenvalue weighted by Crippen LogP contribution is -2.45. The average Bonchev–Trinajstić information content (AvgIpc) is 3.25. The van der Waals surface area contributed by atoms with Crippen LogP contribution in [0.2, 0.25) is 0 Å². The maximum absolute atomic E-state index is 12.7. The quantitative estimate of drug-likeness (QED) is 0.830. The van der Waals surface area contributed by atoms with Crippen molar-refractivity contribution in [2.45, 2.75) is 50.7 Å². The predicted octanol–water partition coefficient (Wildman–Crippen LogP) is 4.37. The number of halogens is 3. The molecule has 0 radical (unpaired) electrons. The summed E-state index contributed by atoms with van der Waals surface area (Å²) >= 11 is 1.67. The van der Waals surface area contributed by atoms with E-state index >= 15 is 0 Å². The van der Waals surface area contributed by atoms with Gasteiger partial charge in [-0.2, -0.15) is 13.2 Å². The first-order valence-electron chi connectivity index (χ1n) is 9.05. The molecule has 1 aliphatic carbocycles. The van der Waals surface area contributed by atoms with E-state index in [0.29, 0.717) is 31.8 Å². The van der Waals surface area contributed by atoms with Crippen LogP contribution in [0.15, 0.2) is 17.5 Å². The SMILES string of the molecule is O=C(N[C@@H](c1cccs1)C1CCCC1)C1CCN(CC(F)(F)F)CC1. The van der Waals surface area contributed by atoms with Crippen molar-refractivity contribution in [2.75, 3.05) is 19.6 Å². The van der Waals surface area contributed by atoms with Crippen LogP contribution in [0.4, 0.5) is 13.2 Å². The Hall–Kier alpha value is -1.08. The zero-order valence-corrected chi connectivity index (χ0v) is 15.0. The monoisotopic (exact) mass is 374 g/mol. The van der Waals surface area contributed by atoms with Gasteiger partial charge in [0.05, 0.1) is 12.6 Å². The lowest BCUT2D eigenvalue weighted by molar-refractivity contribution is -0.149. The Bertz CT molecular complexity index is 547. The van der Waals surface area contributed by atoms with Crippen molar-refractivity contribution < 1.29 is 18.0 Å². The minimum Gasteiger partial charge on any atom is -0.348 e. The van der Waals surface area contributed by atoms with Crippen molar-refractivity contribution in [3.05, 3.63) is 22.4 Å². The number of nitrogens with one attached hydrogen (secondary N) is 1. The molecule has 3 nitrogen and oxygen atoms in total. The van der Waals surface area contributed by atoms with Gasteiger partial charge in [0.2, 0.25) is 5.91 Å². The predicted molar refractivity (Wildman–Crippen MR) is 92.4 cm³/mol. The molecule has 2 aliphatic rings. The lowest BCUT2D eigenvalue weighted by Gasteiger charge is -2.33. The van der Waals surface area contributed by atoms with E-state index in [4.69, 9.17) is 0 Å². The Labute approximate surface area is 150 Å². The van der Waals surface area contributed by atoms with Crippen LogP contribution in [0, 0.1) is 11.8 Å². The summed E-state index contributed by atoms with van der Waals surface area (Å²) in [5, 5.41) is 5.25. The van der Waals surface area contributed by atoms with E-state index in [2.05, 4.69) is 11.4 Å². The first-order chi connectivity index (χ1) is 11.9. The minimum absolute atomic E-state index is 0.0111. The summed E-state index contributed by atoms with van der Waals surface area (Å²) in [5.74, 6) is 0.318. The molecule has 7 heteroatoms. The molecule has 25 heavy (non-hydrogen) atoms. The number of alkyl halides is 3. The summed E-state index contributed by atoms with van der Waals surface area (Å²) in [6, 6.07) is 4.13. The largest absolute Gasteiger partial charge is 0.401 e. The zero-order chi connectivity index (χ0) is 17.9. The third-order valence-corrected chi connectivity index (χ3v) is 6.34. The van der Waals surface area contributed by atoms with Gasteiger partial charge in [-0.3, -0.25) is 9.69 Å². The van der Waals surface area contributed by atoms with Crippen molar-refractivity contribution in [1.29, 1.82) is 0 Å². The number of hydrogen-bond donors (Lipinski definition) is 1. The van der Waals surface area contributed by atoms with Crippen LogP contribution in [0.3, 0.4) is 0 Å². The third-order valence-electron chi connectivity index (χ3n) is 5.38. The third kappa shape index (κ3) is 5.20. The highest BCUT2D eigenvalue weighted by atomic mass is 32.1. The minimum atomic E-state index is -4.16. The van der Waals surface area contributed by atoms with E-state index in [-0.39, 0.29) is 17.9 Å². The number of carbonyl (C=O) groups excluding carboxylic acids is 1. The van der Waals surface area contributed by atoms with Crippen molar-refractivity contribution >= 4 is 17.2 Å². The maximum Gasteiger partial charge on any atom is 0.401 e. The van der Waals surface area contributed by atoms with Gasteiger partial charge in [0, 0.05) is 10.8 Å². The van der Waals surface area contributed by atoms with Gasteiger partial charge in [0.25, 0.3) is 0 Å². The Morgan fingerprint density at radius 2 is 1.92 bits per heavy atom. The molecule has 0 aromatic carbocycles. The van der Waals surface area contributed by atoms with Crippen molar-refractivity contribution in [2.24, 2.45) is 11.8 Å². The Morgan fingerprint density at radius 1 is 1.24 bits per heavy atom. The van der Waals surface area contributed by atoms with Gasteiger partial charge >= 0.3 is 6.18 Å². The van der Waals surface area contributed by atoms with Crippen LogP contribution in [-0.4, -0.2) is 36.6 Å². The molecule has 2 heterocycles. The fraction of sp³-hybridized carbons (Fsp3) is 0.722. The van der Waals surface area contributed by atoms with Crippen LogP contribution in [0.25, 0.3) is 0 Å². The highest BCUT2D eigenvalue weighted by molar-refractivity contribution is 7.10. The molecular weight excluding hydrogens is 349 g/mol. The van der Waals surface area contributed by atoms with Gasteiger partial charge in [-0.15, -0.1) is 11.3 Å². The fourth-order valence-electron chi connectivity index (χ4n) is 4.06.